The first-order chi connectivity index (χ1) is 16.4. The van der Waals surface area contributed by atoms with E-state index in [1.807, 2.05) is 35.4 Å². The van der Waals surface area contributed by atoms with Gasteiger partial charge in [-0.1, -0.05) is 50.2 Å². The standard InChI is InChI=1S/C28H32N4O2.ClH/c1-28(2,27(29)34)23(17-20-18-30-24-9-5-4-8-22(20)24)26(33)31-14-12-21(13-15-31)32-16-11-19-7-3-6-10-25(19)32;/h3-11,16,18,21,23,30H,12-15,17H2,1-2H3,(H2,29,34);1H. The average Bonchev–Trinajstić information content (AvgIpc) is 3.46. The molecule has 2 aromatic heterocycles. The van der Waals surface area contributed by atoms with Crippen molar-refractivity contribution in [1.82, 2.24) is 14.5 Å². The van der Waals surface area contributed by atoms with Crippen LogP contribution in [0.1, 0.15) is 38.3 Å². The number of likely N-dealkylation sites (tertiary alicyclic amines) is 1. The molecule has 0 aliphatic carbocycles. The monoisotopic (exact) mass is 492 g/mol. The number of carbonyl (C=O) groups is 2. The van der Waals surface area contributed by atoms with Gasteiger partial charge in [-0.05, 0) is 48.4 Å². The first kappa shape index (κ1) is 24.9. The fourth-order valence-electron chi connectivity index (χ4n) is 5.35. The molecule has 35 heavy (non-hydrogen) atoms. The molecule has 2 aromatic carbocycles. The normalized spacial score (nSPS) is 15.8. The smallest absolute Gasteiger partial charge is 0.227 e. The highest BCUT2D eigenvalue weighted by Crippen LogP contribution is 2.35. The van der Waals surface area contributed by atoms with Gasteiger partial charge >= 0.3 is 0 Å². The number of fused-ring (bicyclic) bond motifs is 2. The minimum Gasteiger partial charge on any atom is -0.369 e. The van der Waals surface area contributed by atoms with Crippen molar-refractivity contribution in [2.24, 2.45) is 17.1 Å². The number of nitrogens with two attached hydrogens (primary N) is 1. The fourth-order valence-corrected chi connectivity index (χ4v) is 5.35. The number of hydrogen-bond donors (Lipinski definition) is 2. The third kappa shape index (κ3) is 4.55. The van der Waals surface area contributed by atoms with Gasteiger partial charge in [-0.3, -0.25) is 9.59 Å². The zero-order valence-electron chi connectivity index (χ0n) is 20.2. The zero-order valence-corrected chi connectivity index (χ0v) is 21.1. The van der Waals surface area contributed by atoms with E-state index in [9.17, 15) is 9.59 Å². The van der Waals surface area contributed by atoms with Crippen molar-refractivity contribution in [1.29, 1.82) is 0 Å². The van der Waals surface area contributed by atoms with Gasteiger partial charge in [-0.15, -0.1) is 12.4 Å². The lowest BCUT2D eigenvalue weighted by Gasteiger charge is -2.38. The summed E-state index contributed by atoms with van der Waals surface area (Å²) in [6, 6.07) is 19.0. The molecule has 0 saturated carbocycles. The molecule has 184 valence electrons. The minimum atomic E-state index is -0.955. The number of carbonyl (C=O) groups excluding carboxylic acids is 2. The van der Waals surface area contributed by atoms with Crippen molar-refractivity contribution >= 4 is 46.0 Å². The second kappa shape index (κ2) is 9.78. The summed E-state index contributed by atoms with van der Waals surface area (Å²) in [4.78, 5) is 31.5. The lowest BCUT2D eigenvalue weighted by Crippen LogP contribution is -2.50. The first-order valence-corrected chi connectivity index (χ1v) is 12.1. The Morgan fingerprint density at radius 3 is 2.49 bits per heavy atom. The summed E-state index contributed by atoms with van der Waals surface area (Å²) in [6.45, 7) is 4.95. The van der Waals surface area contributed by atoms with Gasteiger partial charge in [0.25, 0.3) is 0 Å². The Morgan fingerprint density at radius 1 is 1.06 bits per heavy atom. The quantitative estimate of drug-likeness (QED) is 0.393. The number of aromatic amines is 1. The Kier molecular flexibility index (Phi) is 6.95. The van der Waals surface area contributed by atoms with Gasteiger partial charge < -0.3 is 20.2 Å². The Balaban J connectivity index is 0.00000289. The van der Waals surface area contributed by atoms with Gasteiger partial charge in [-0.2, -0.15) is 0 Å². The van der Waals surface area contributed by atoms with Crippen LogP contribution in [0, 0.1) is 11.3 Å². The first-order valence-electron chi connectivity index (χ1n) is 12.1. The fraction of sp³-hybridized carbons (Fsp3) is 0.357. The van der Waals surface area contributed by atoms with Crippen molar-refractivity contribution in [3.8, 4) is 0 Å². The lowest BCUT2D eigenvalue weighted by molar-refractivity contribution is -0.146. The number of para-hydroxylation sites is 2. The van der Waals surface area contributed by atoms with E-state index in [0.717, 1.165) is 29.3 Å². The van der Waals surface area contributed by atoms with Crippen LogP contribution in [0.3, 0.4) is 0 Å². The molecule has 1 aliphatic heterocycles. The number of amides is 2. The molecular weight excluding hydrogens is 460 g/mol. The van der Waals surface area contributed by atoms with Gasteiger partial charge in [0.15, 0.2) is 0 Å². The van der Waals surface area contributed by atoms with E-state index in [2.05, 4.69) is 46.1 Å². The maximum atomic E-state index is 13.8. The number of benzene rings is 2. The maximum absolute atomic E-state index is 13.8. The predicted molar refractivity (Wildman–Crippen MR) is 143 cm³/mol. The lowest BCUT2D eigenvalue weighted by atomic mass is 9.74. The molecular formula is C28H33ClN4O2. The van der Waals surface area contributed by atoms with Gasteiger partial charge in [0.2, 0.25) is 11.8 Å². The Morgan fingerprint density at radius 2 is 1.74 bits per heavy atom. The molecule has 6 nitrogen and oxygen atoms in total. The summed E-state index contributed by atoms with van der Waals surface area (Å²) >= 11 is 0. The summed E-state index contributed by atoms with van der Waals surface area (Å²) in [5.41, 5.74) is 8.15. The SMILES string of the molecule is CC(C)(C(N)=O)C(Cc1c[nH]c2ccccc12)C(=O)N1CCC(n2ccc3ccccc32)CC1.Cl. The highest BCUT2D eigenvalue weighted by molar-refractivity contribution is 5.91. The van der Waals surface area contributed by atoms with Crippen LogP contribution >= 0.6 is 12.4 Å². The van der Waals surface area contributed by atoms with Crippen LogP contribution in [0.2, 0.25) is 0 Å². The molecule has 1 saturated heterocycles. The molecule has 3 N–H and O–H groups in total. The Bertz CT molecular complexity index is 1350. The van der Waals surface area contributed by atoms with Crippen LogP contribution in [-0.4, -0.2) is 39.4 Å². The number of nitrogens with one attached hydrogen (secondary N) is 1. The summed E-state index contributed by atoms with van der Waals surface area (Å²) < 4.78 is 2.34. The third-order valence-corrected chi connectivity index (χ3v) is 7.70. The molecule has 1 fully saturated rings. The van der Waals surface area contributed by atoms with Crippen LogP contribution < -0.4 is 5.73 Å². The van der Waals surface area contributed by atoms with E-state index in [0.29, 0.717) is 25.6 Å². The molecule has 1 unspecified atom stereocenters. The van der Waals surface area contributed by atoms with Crippen molar-refractivity contribution < 1.29 is 9.59 Å². The van der Waals surface area contributed by atoms with Crippen molar-refractivity contribution in [2.75, 3.05) is 13.1 Å². The summed E-state index contributed by atoms with van der Waals surface area (Å²) in [7, 11) is 0. The van der Waals surface area contributed by atoms with Gasteiger partial charge in [-0.25, -0.2) is 0 Å². The minimum absolute atomic E-state index is 0. The van der Waals surface area contributed by atoms with Crippen molar-refractivity contribution in [3.05, 3.63) is 72.6 Å². The van der Waals surface area contributed by atoms with E-state index in [-0.39, 0.29) is 18.3 Å². The van der Waals surface area contributed by atoms with Crippen LogP contribution in [0.5, 0.6) is 0 Å². The second-order valence-corrected chi connectivity index (χ2v) is 10.0. The van der Waals surface area contributed by atoms with Crippen molar-refractivity contribution in [2.45, 2.75) is 39.2 Å². The molecule has 0 bridgehead atoms. The van der Waals surface area contributed by atoms with Crippen LogP contribution in [0.25, 0.3) is 21.8 Å². The summed E-state index contributed by atoms with van der Waals surface area (Å²) in [5, 5.41) is 2.32. The number of halogens is 1. The number of primary amides is 1. The predicted octanol–water partition coefficient (Wildman–Crippen LogP) is 5.08. The molecule has 1 aliphatic rings. The largest absolute Gasteiger partial charge is 0.369 e. The van der Waals surface area contributed by atoms with Crippen LogP contribution in [-0.2, 0) is 16.0 Å². The highest BCUT2D eigenvalue weighted by Gasteiger charge is 2.42. The topological polar surface area (TPSA) is 84.1 Å². The number of H-pyrrole nitrogens is 1. The van der Waals surface area contributed by atoms with E-state index in [4.69, 9.17) is 5.73 Å². The van der Waals surface area contributed by atoms with Gasteiger partial charge in [0.05, 0.1) is 11.3 Å². The molecule has 3 heterocycles. The van der Waals surface area contributed by atoms with Crippen molar-refractivity contribution in [3.63, 3.8) is 0 Å². The number of aromatic nitrogens is 2. The number of hydrogen-bond acceptors (Lipinski definition) is 2. The second-order valence-electron chi connectivity index (χ2n) is 10.0. The Hall–Kier alpha value is -3.25. The summed E-state index contributed by atoms with van der Waals surface area (Å²) in [6.07, 6.45) is 6.36. The van der Waals surface area contributed by atoms with E-state index in [1.54, 1.807) is 13.8 Å². The molecule has 7 heteroatoms. The Labute approximate surface area is 211 Å². The third-order valence-electron chi connectivity index (χ3n) is 7.70. The van der Waals surface area contributed by atoms with Crippen LogP contribution in [0.15, 0.2) is 67.0 Å². The molecule has 1 atom stereocenters. The number of nitrogens with zero attached hydrogens (tertiary/aromatic N) is 2. The maximum Gasteiger partial charge on any atom is 0.227 e. The molecule has 0 spiro atoms. The highest BCUT2D eigenvalue weighted by atomic mass is 35.5. The van der Waals surface area contributed by atoms with Gasteiger partial charge in [0, 0.05) is 47.9 Å². The van der Waals surface area contributed by atoms with E-state index in [1.165, 1.54) is 10.9 Å². The molecule has 0 radical (unpaired) electrons. The average molecular weight is 493 g/mol. The van der Waals surface area contributed by atoms with Gasteiger partial charge in [0.1, 0.15) is 0 Å². The number of piperidine rings is 1. The molecule has 4 aromatic rings. The number of rotatable bonds is 6. The van der Waals surface area contributed by atoms with Crippen LogP contribution in [0.4, 0.5) is 0 Å². The molecule has 5 rings (SSSR count). The summed E-state index contributed by atoms with van der Waals surface area (Å²) in [5.74, 6) is -0.947. The van der Waals surface area contributed by atoms with E-state index >= 15 is 0 Å². The molecule has 2 amide bonds. The zero-order chi connectivity index (χ0) is 23.9. The van der Waals surface area contributed by atoms with E-state index < -0.39 is 17.2 Å².